The molecule has 0 aliphatic heterocycles. The third-order valence-electron chi connectivity index (χ3n) is 2.19. The molecule has 1 aromatic rings. The zero-order valence-corrected chi connectivity index (χ0v) is 10.3. The van der Waals surface area contributed by atoms with Gasteiger partial charge in [-0.15, -0.1) is 0 Å². The van der Waals surface area contributed by atoms with Crippen LogP contribution in [0.2, 0.25) is 0 Å². The van der Waals surface area contributed by atoms with Crippen LogP contribution in [0.25, 0.3) is 0 Å². The van der Waals surface area contributed by atoms with Gasteiger partial charge in [-0.2, -0.15) is 11.8 Å². The SMILES string of the molecule is CCSCc1nccc(CC(N)CC)n1. The maximum absolute atomic E-state index is 5.89. The van der Waals surface area contributed by atoms with Crippen molar-refractivity contribution in [3.05, 3.63) is 23.8 Å². The second-order valence-corrected chi connectivity index (χ2v) is 4.75. The maximum atomic E-state index is 5.89. The fraction of sp³-hybridized carbons (Fsp3) is 0.636. The molecule has 0 aromatic carbocycles. The molecular weight excluding hydrogens is 206 g/mol. The molecular formula is C11H19N3S. The average molecular weight is 225 g/mol. The fourth-order valence-corrected chi connectivity index (χ4v) is 1.76. The second kappa shape index (κ2) is 6.80. The zero-order valence-electron chi connectivity index (χ0n) is 9.44. The van der Waals surface area contributed by atoms with Gasteiger partial charge < -0.3 is 5.73 Å². The first kappa shape index (κ1) is 12.5. The van der Waals surface area contributed by atoms with Crippen molar-refractivity contribution >= 4 is 11.8 Å². The van der Waals surface area contributed by atoms with E-state index in [0.29, 0.717) is 0 Å². The van der Waals surface area contributed by atoms with Gasteiger partial charge in [0.2, 0.25) is 0 Å². The van der Waals surface area contributed by atoms with E-state index in [1.165, 1.54) is 0 Å². The molecule has 1 atom stereocenters. The van der Waals surface area contributed by atoms with Crippen molar-refractivity contribution in [2.24, 2.45) is 5.73 Å². The molecule has 2 N–H and O–H groups in total. The van der Waals surface area contributed by atoms with Gasteiger partial charge >= 0.3 is 0 Å². The van der Waals surface area contributed by atoms with E-state index in [9.17, 15) is 0 Å². The molecule has 4 heteroatoms. The van der Waals surface area contributed by atoms with Gasteiger partial charge in [0.15, 0.2) is 0 Å². The minimum absolute atomic E-state index is 0.214. The highest BCUT2D eigenvalue weighted by Gasteiger charge is 2.04. The Morgan fingerprint density at radius 3 is 2.93 bits per heavy atom. The first-order valence-electron chi connectivity index (χ1n) is 5.40. The molecule has 0 bridgehead atoms. The Kier molecular flexibility index (Phi) is 5.65. The third kappa shape index (κ3) is 4.62. The van der Waals surface area contributed by atoms with Gasteiger partial charge in [-0.1, -0.05) is 13.8 Å². The molecule has 0 saturated carbocycles. The number of nitrogens with zero attached hydrogens (tertiary/aromatic N) is 2. The maximum Gasteiger partial charge on any atom is 0.138 e. The van der Waals surface area contributed by atoms with Crippen LogP contribution < -0.4 is 5.73 Å². The summed E-state index contributed by atoms with van der Waals surface area (Å²) < 4.78 is 0. The van der Waals surface area contributed by atoms with Crippen LogP contribution >= 0.6 is 11.8 Å². The molecule has 0 aliphatic rings. The predicted octanol–water partition coefficient (Wildman–Crippen LogP) is 2.01. The topological polar surface area (TPSA) is 51.8 Å². The van der Waals surface area contributed by atoms with Crippen LogP contribution in [0.5, 0.6) is 0 Å². The number of thioether (sulfide) groups is 1. The number of hydrogen-bond acceptors (Lipinski definition) is 4. The van der Waals surface area contributed by atoms with E-state index < -0.39 is 0 Å². The molecule has 0 radical (unpaired) electrons. The second-order valence-electron chi connectivity index (χ2n) is 3.47. The number of hydrogen-bond donors (Lipinski definition) is 1. The molecule has 15 heavy (non-hydrogen) atoms. The third-order valence-corrected chi connectivity index (χ3v) is 3.06. The van der Waals surface area contributed by atoms with Crippen molar-refractivity contribution in [1.82, 2.24) is 9.97 Å². The minimum Gasteiger partial charge on any atom is -0.327 e. The summed E-state index contributed by atoms with van der Waals surface area (Å²) in [4.78, 5) is 8.72. The van der Waals surface area contributed by atoms with Crippen molar-refractivity contribution in [2.75, 3.05) is 5.75 Å². The molecule has 0 aliphatic carbocycles. The molecule has 0 fully saturated rings. The quantitative estimate of drug-likeness (QED) is 0.804. The lowest BCUT2D eigenvalue weighted by molar-refractivity contribution is 0.634. The molecule has 1 heterocycles. The van der Waals surface area contributed by atoms with Crippen molar-refractivity contribution in [3.63, 3.8) is 0 Å². The van der Waals surface area contributed by atoms with Crippen LogP contribution in [-0.2, 0) is 12.2 Å². The van der Waals surface area contributed by atoms with E-state index >= 15 is 0 Å². The number of aromatic nitrogens is 2. The van der Waals surface area contributed by atoms with E-state index in [0.717, 1.165) is 35.9 Å². The monoisotopic (exact) mass is 225 g/mol. The fourth-order valence-electron chi connectivity index (χ4n) is 1.23. The Morgan fingerprint density at radius 1 is 1.47 bits per heavy atom. The van der Waals surface area contributed by atoms with E-state index in [1.807, 2.05) is 24.0 Å². The minimum atomic E-state index is 0.214. The largest absolute Gasteiger partial charge is 0.327 e. The first-order valence-corrected chi connectivity index (χ1v) is 6.55. The smallest absolute Gasteiger partial charge is 0.138 e. The molecule has 0 spiro atoms. The van der Waals surface area contributed by atoms with Crippen molar-refractivity contribution in [3.8, 4) is 0 Å². The van der Waals surface area contributed by atoms with Gasteiger partial charge in [-0.05, 0) is 18.2 Å². The highest BCUT2D eigenvalue weighted by molar-refractivity contribution is 7.98. The van der Waals surface area contributed by atoms with Crippen LogP contribution in [0, 0.1) is 0 Å². The Morgan fingerprint density at radius 2 is 2.27 bits per heavy atom. The van der Waals surface area contributed by atoms with Crippen LogP contribution in [0.1, 0.15) is 31.8 Å². The molecule has 0 saturated heterocycles. The summed E-state index contributed by atoms with van der Waals surface area (Å²) >= 11 is 1.84. The molecule has 1 unspecified atom stereocenters. The van der Waals surface area contributed by atoms with Crippen LogP contribution in [0.4, 0.5) is 0 Å². The Bertz CT molecular complexity index is 291. The lowest BCUT2D eigenvalue weighted by Gasteiger charge is -2.08. The molecule has 0 amide bonds. The number of rotatable bonds is 6. The highest BCUT2D eigenvalue weighted by atomic mass is 32.2. The molecule has 1 rings (SSSR count). The van der Waals surface area contributed by atoms with Crippen molar-refractivity contribution < 1.29 is 0 Å². The lowest BCUT2D eigenvalue weighted by atomic mass is 10.1. The van der Waals surface area contributed by atoms with Crippen LogP contribution in [-0.4, -0.2) is 21.8 Å². The summed E-state index contributed by atoms with van der Waals surface area (Å²) in [7, 11) is 0. The van der Waals surface area contributed by atoms with E-state index in [1.54, 1.807) is 0 Å². The summed E-state index contributed by atoms with van der Waals surface area (Å²) in [5.74, 6) is 2.91. The van der Waals surface area contributed by atoms with Crippen LogP contribution in [0.15, 0.2) is 12.3 Å². The highest BCUT2D eigenvalue weighted by Crippen LogP contribution is 2.08. The van der Waals surface area contributed by atoms with Gasteiger partial charge in [0, 0.05) is 24.4 Å². The molecule has 3 nitrogen and oxygen atoms in total. The van der Waals surface area contributed by atoms with Gasteiger partial charge in [0.25, 0.3) is 0 Å². The van der Waals surface area contributed by atoms with Gasteiger partial charge in [-0.25, -0.2) is 9.97 Å². The number of nitrogens with two attached hydrogens (primary N) is 1. The predicted molar refractivity (Wildman–Crippen MR) is 65.8 cm³/mol. The summed E-state index contributed by atoms with van der Waals surface area (Å²) in [6.07, 6.45) is 3.67. The van der Waals surface area contributed by atoms with E-state index in [2.05, 4.69) is 23.8 Å². The average Bonchev–Trinajstić information content (AvgIpc) is 2.26. The Balaban J connectivity index is 2.57. The summed E-state index contributed by atoms with van der Waals surface area (Å²) in [6.45, 7) is 4.24. The summed E-state index contributed by atoms with van der Waals surface area (Å²) in [6, 6.07) is 2.17. The van der Waals surface area contributed by atoms with Gasteiger partial charge in [-0.3, -0.25) is 0 Å². The summed E-state index contributed by atoms with van der Waals surface area (Å²) in [5, 5.41) is 0. The lowest BCUT2D eigenvalue weighted by Crippen LogP contribution is -2.22. The van der Waals surface area contributed by atoms with E-state index in [-0.39, 0.29) is 6.04 Å². The molecule has 84 valence electrons. The van der Waals surface area contributed by atoms with Gasteiger partial charge in [0.1, 0.15) is 5.82 Å². The standard InChI is InChI=1S/C11H19N3S/c1-3-9(12)7-10-5-6-13-11(14-10)8-15-4-2/h5-6,9H,3-4,7-8,12H2,1-2H3. The Hall–Kier alpha value is -0.610. The molecule has 1 aromatic heterocycles. The van der Waals surface area contributed by atoms with Gasteiger partial charge in [0.05, 0.1) is 5.75 Å². The van der Waals surface area contributed by atoms with Crippen LogP contribution in [0.3, 0.4) is 0 Å². The zero-order chi connectivity index (χ0) is 11.1. The van der Waals surface area contributed by atoms with E-state index in [4.69, 9.17) is 5.73 Å². The normalized spacial score (nSPS) is 12.7. The summed E-state index contributed by atoms with van der Waals surface area (Å²) in [5.41, 5.74) is 6.95. The van der Waals surface area contributed by atoms with Crippen molar-refractivity contribution in [1.29, 1.82) is 0 Å². The van der Waals surface area contributed by atoms with Crippen molar-refractivity contribution in [2.45, 2.75) is 38.5 Å². The first-order chi connectivity index (χ1) is 7.26. The Labute approximate surface area is 95.9 Å².